The van der Waals surface area contributed by atoms with Crippen LogP contribution in [0.1, 0.15) is 33.3 Å². The van der Waals surface area contributed by atoms with Gasteiger partial charge in [0.15, 0.2) is 6.29 Å². The molecule has 5 atom stereocenters. The number of hydrogen-bond acceptors (Lipinski definition) is 12. The fraction of sp³-hybridized carbons (Fsp3) is 0.654. The van der Waals surface area contributed by atoms with Crippen LogP contribution < -0.4 is 5.32 Å². The molecule has 1 heterocycles. The fourth-order valence-corrected chi connectivity index (χ4v) is 4.78. The van der Waals surface area contributed by atoms with Gasteiger partial charge in [0.1, 0.15) is 24.9 Å². The van der Waals surface area contributed by atoms with E-state index in [0.29, 0.717) is 0 Å². The Hall–Kier alpha value is -2.62. The Kier molecular flexibility index (Phi) is 13.9. The topological polar surface area (TPSA) is 162 Å². The highest BCUT2D eigenvalue weighted by atomic mass is 32.2. The van der Waals surface area contributed by atoms with E-state index in [1.807, 2.05) is 6.92 Å². The third-order valence-electron chi connectivity index (χ3n) is 5.84. The van der Waals surface area contributed by atoms with Crippen molar-refractivity contribution in [2.45, 2.75) is 64.1 Å². The van der Waals surface area contributed by atoms with Gasteiger partial charge in [-0.2, -0.15) is 8.42 Å². The highest BCUT2D eigenvalue weighted by Crippen LogP contribution is 2.29. The summed E-state index contributed by atoms with van der Waals surface area (Å²) in [4.78, 5) is 35.0. The molecule has 0 bridgehead atoms. The predicted octanol–water partition coefficient (Wildman–Crippen LogP) is 1.11. The monoisotopic (exact) mass is 589 g/mol. The van der Waals surface area contributed by atoms with E-state index in [1.54, 1.807) is 19.1 Å². The summed E-state index contributed by atoms with van der Waals surface area (Å²) < 4.78 is 62.4. The van der Waals surface area contributed by atoms with Crippen LogP contribution >= 0.6 is 0 Å². The number of carbonyl (C=O) groups is 3. The molecule has 1 fully saturated rings. The van der Waals surface area contributed by atoms with Gasteiger partial charge in [-0.3, -0.25) is 18.6 Å². The van der Waals surface area contributed by atoms with E-state index in [2.05, 4.69) is 5.32 Å². The predicted molar refractivity (Wildman–Crippen MR) is 140 cm³/mol. The Labute approximate surface area is 234 Å². The lowest BCUT2D eigenvalue weighted by molar-refractivity contribution is -0.262. The van der Waals surface area contributed by atoms with E-state index < -0.39 is 52.5 Å². The second-order valence-corrected chi connectivity index (χ2v) is 10.8. The number of aryl methyl sites for hydroxylation is 1. The Bertz CT molecular complexity index is 1060. The van der Waals surface area contributed by atoms with Crippen molar-refractivity contribution in [2.24, 2.45) is 5.92 Å². The number of esters is 2. The van der Waals surface area contributed by atoms with Crippen molar-refractivity contribution < 1.29 is 55.4 Å². The summed E-state index contributed by atoms with van der Waals surface area (Å²) in [7, 11) is -3.85. The molecule has 13 nitrogen and oxygen atoms in total. The van der Waals surface area contributed by atoms with Crippen molar-refractivity contribution in [3.63, 3.8) is 0 Å². The number of amides is 1. The normalized spacial score (nSPS) is 22.9. The van der Waals surface area contributed by atoms with Gasteiger partial charge in [0.05, 0.1) is 44.5 Å². The maximum atomic E-state index is 12.1. The molecule has 1 aliphatic heterocycles. The number of benzene rings is 1. The molecule has 40 heavy (non-hydrogen) atoms. The van der Waals surface area contributed by atoms with Crippen LogP contribution in [-0.2, 0) is 57.1 Å². The second-order valence-electron chi connectivity index (χ2n) is 9.19. The second kappa shape index (κ2) is 16.6. The zero-order valence-corrected chi connectivity index (χ0v) is 24.3. The Morgan fingerprint density at radius 1 is 0.900 bits per heavy atom. The molecular weight excluding hydrogens is 550 g/mol. The van der Waals surface area contributed by atoms with Crippen LogP contribution in [0.5, 0.6) is 0 Å². The van der Waals surface area contributed by atoms with Crippen LogP contribution in [0.2, 0.25) is 0 Å². The van der Waals surface area contributed by atoms with Crippen molar-refractivity contribution in [3.05, 3.63) is 29.8 Å². The highest BCUT2D eigenvalue weighted by Gasteiger charge is 2.47. The van der Waals surface area contributed by atoms with E-state index >= 15 is 0 Å². The van der Waals surface area contributed by atoms with E-state index in [9.17, 15) is 22.8 Å². The summed E-state index contributed by atoms with van der Waals surface area (Å²) in [6.45, 7) is 7.93. The Morgan fingerprint density at radius 2 is 1.50 bits per heavy atom. The minimum absolute atomic E-state index is 0.0543. The molecule has 1 N–H and O–H groups in total. The standard InChI is InChI=1S/C26H39NO12S/c1-17-6-8-22(9-7-17)40(31,32)37-15-13-34-11-10-33-12-14-35-26-24(27-19(3)28)25(38-21(5)30)18(2)23(39-26)16-36-20(4)29/h6-9,18,23-26H,10-16H2,1-5H3,(H,27,28)/t18-,23+,24+,25-,26+/m0/s1. The maximum absolute atomic E-state index is 12.1. The summed E-state index contributed by atoms with van der Waals surface area (Å²) in [5.74, 6) is -1.81. The molecule has 226 valence electrons. The first-order valence-electron chi connectivity index (χ1n) is 12.9. The molecule has 1 aliphatic rings. The molecule has 0 radical (unpaired) electrons. The molecule has 0 aliphatic carbocycles. The molecule has 0 aromatic heterocycles. The van der Waals surface area contributed by atoms with Gasteiger partial charge in [-0.25, -0.2) is 0 Å². The van der Waals surface area contributed by atoms with Crippen molar-refractivity contribution in [3.8, 4) is 0 Å². The van der Waals surface area contributed by atoms with Gasteiger partial charge in [0, 0.05) is 26.7 Å². The molecule has 2 rings (SSSR count). The van der Waals surface area contributed by atoms with Gasteiger partial charge in [-0.15, -0.1) is 0 Å². The van der Waals surface area contributed by atoms with Crippen molar-refractivity contribution in [1.82, 2.24) is 5.32 Å². The van der Waals surface area contributed by atoms with Crippen LogP contribution in [-0.4, -0.2) is 97.1 Å². The molecule has 0 spiro atoms. The van der Waals surface area contributed by atoms with Gasteiger partial charge >= 0.3 is 11.9 Å². The first-order valence-corrected chi connectivity index (χ1v) is 14.3. The van der Waals surface area contributed by atoms with Crippen LogP contribution in [0.4, 0.5) is 0 Å². The van der Waals surface area contributed by atoms with Gasteiger partial charge in [0.2, 0.25) is 5.91 Å². The van der Waals surface area contributed by atoms with Crippen LogP contribution in [0, 0.1) is 12.8 Å². The molecule has 0 unspecified atom stereocenters. The minimum Gasteiger partial charge on any atom is -0.463 e. The van der Waals surface area contributed by atoms with E-state index in [1.165, 1.54) is 32.9 Å². The molecule has 1 aromatic rings. The molecule has 1 saturated heterocycles. The van der Waals surface area contributed by atoms with Gasteiger partial charge < -0.3 is 33.7 Å². The van der Waals surface area contributed by atoms with Crippen molar-refractivity contribution >= 4 is 28.0 Å². The number of ether oxygens (including phenoxy) is 6. The minimum atomic E-state index is -3.85. The van der Waals surface area contributed by atoms with E-state index in [4.69, 9.17) is 32.6 Å². The largest absolute Gasteiger partial charge is 0.463 e. The van der Waals surface area contributed by atoms with E-state index in [0.717, 1.165) is 5.56 Å². The average Bonchev–Trinajstić information content (AvgIpc) is 2.87. The number of hydrogen-bond donors (Lipinski definition) is 1. The number of rotatable bonds is 16. The van der Waals surface area contributed by atoms with E-state index in [-0.39, 0.29) is 57.1 Å². The third-order valence-corrected chi connectivity index (χ3v) is 7.17. The van der Waals surface area contributed by atoms with Crippen molar-refractivity contribution in [2.75, 3.05) is 46.2 Å². The Balaban J connectivity index is 1.75. The third kappa shape index (κ3) is 11.5. The summed E-state index contributed by atoms with van der Waals surface area (Å²) in [5, 5.41) is 2.72. The quantitative estimate of drug-likeness (QED) is 0.166. The molecule has 1 amide bonds. The van der Waals surface area contributed by atoms with Gasteiger partial charge in [0.25, 0.3) is 10.1 Å². The number of carbonyl (C=O) groups excluding carboxylic acids is 3. The lowest BCUT2D eigenvalue weighted by Gasteiger charge is -2.44. The van der Waals surface area contributed by atoms with Gasteiger partial charge in [-0.05, 0) is 19.1 Å². The van der Waals surface area contributed by atoms with Crippen LogP contribution in [0.3, 0.4) is 0 Å². The van der Waals surface area contributed by atoms with Crippen LogP contribution in [0.25, 0.3) is 0 Å². The Morgan fingerprint density at radius 3 is 2.08 bits per heavy atom. The van der Waals surface area contributed by atoms with Crippen molar-refractivity contribution in [1.29, 1.82) is 0 Å². The summed E-state index contributed by atoms with van der Waals surface area (Å²) in [5.41, 5.74) is 0.941. The summed E-state index contributed by atoms with van der Waals surface area (Å²) in [6, 6.07) is 5.54. The zero-order valence-electron chi connectivity index (χ0n) is 23.5. The summed E-state index contributed by atoms with van der Waals surface area (Å²) >= 11 is 0. The number of nitrogens with one attached hydrogen (secondary N) is 1. The first-order chi connectivity index (χ1) is 18.9. The lowest BCUT2D eigenvalue weighted by atomic mass is 9.89. The molecule has 14 heteroatoms. The highest BCUT2D eigenvalue weighted by molar-refractivity contribution is 7.86. The fourth-order valence-electron chi connectivity index (χ4n) is 3.89. The molecular formula is C26H39NO12S. The average molecular weight is 590 g/mol. The zero-order chi connectivity index (χ0) is 29.7. The SMILES string of the molecule is CC(=O)N[C@H]1[C@H](OCCOCCOCCOS(=O)(=O)c2ccc(C)cc2)O[C@H](COC(C)=O)[C@H](C)[C@@H]1OC(C)=O. The lowest BCUT2D eigenvalue weighted by Crippen LogP contribution is -2.63. The smallest absolute Gasteiger partial charge is 0.302 e. The van der Waals surface area contributed by atoms with Crippen LogP contribution in [0.15, 0.2) is 29.2 Å². The first kappa shape index (κ1) is 33.6. The maximum Gasteiger partial charge on any atom is 0.302 e. The molecule has 0 saturated carbocycles. The van der Waals surface area contributed by atoms with Gasteiger partial charge in [-0.1, -0.05) is 24.6 Å². The molecule has 1 aromatic carbocycles. The summed E-state index contributed by atoms with van der Waals surface area (Å²) in [6.07, 6.45) is -2.43.